The lowest BCUT2D eigenvalue weighted by molar-refractivity contribution is -0.116. The normalized spacial score (nSPS) is 17.4. The van der Waals surface area contributed by atoms with Crippen molar-refractivity contribution in [2.24, 2.45) is 0 Å². The summed E-state index contributed by atoms with van der Waals surface area (Å²) in [6.45, 7) is 6.31. The Labute approximate surface area is 202 Å². The van der Waals surface area contributed by atoms with Crippen LogP contribution < -0.4 is 15.1 Å². The van der Waals surface area contributed by atoms with Crippen molar-refractivity contribution in [1.82, 2.24) is 4.31 Å². The second-order valence-corrected chi connectivity index (χ2v) is 10.5. The molecule has 2 aliphatic heterocycles. The van der Waals surface area contributed by atoms with Crippen LogP contribution in [0.2, 0.25) is 0 Å². The number of nitrogens with zero attached hydrogens (tertiary/aromatic N) is 3. The number of hydrogen-bond donors (Lipinski definition) is 1. The van der Waals surface area contributed by atoms with Crippen molar-refractivity contribution in [3.8, 4) is 0 Å². The SMILES string of the molecule is CCN(C(=O)CNc1cc(S(=O)(=O)N2CCCCC2)ccc1N1CCOCC1)c1ccccc1. The molecule has 1 amide bonds. The number of benzene rings is 2. The van der Waals surface area contributed by atoms with Gasteiger partial charge in [0, 0.05) is 38.4 Å². The molecule has 9 heteroatoms. The van der Waals surface area contributed by atoms with Gasteiger partial charge in [0.25, 0.3) is 0 Å². The van der Waals surface area contributed by atoms with E-state index in [2.05, 4.69) is 10.2 Å². The van der Waals surface area contributed by atoms with Gasteiger partial charge in [0.05, 0.1) is 36.0 Å². The Morgan fingerprint density at radius 1 is 1.00 bits per heavy atom. The number of carbonyl (C=O) groups excluding carboxylic acids is 1. The van der Waals surface area contributed by atoms with Gasteiger partial charge < -0.3 is 19.9 Å². The monoisotopic (exact) mass is 486 g/mol. The Bertz CT molecular complexity index is 1070. The Hall–Kier alpha value is -2.62. The lowest BCUT2D eigenvalue weighted by atomic mass is 10.2. The molecule has 0 radical (unpaired) electrons. The van der Waals surface area contributed by atoms with E-state index in [0.717, 1.165) is 30.6 Å². The third-order valence-electron chi connectivity index (χ3n) is 6.39. The molecule has 0 aliphatic carbocycles. The minimum absolute atomic E-state index is 0.0628. The van der Waals surface area contributed by atoms with Gasteiger partial charge in [0.1, 0.15) is 0 Å². The molecule has 2 aliphatic rings. The lowest BCUT2D eigenvalue weighted by Gasteiger charge is -2.32. The van der Waals surface area contributed by atoms with Crippen LogP contribution in [-0.2, 0) is 19.6 Å². The van der Waals surface area contributed by atoms with Gasteiger partial charge in [-0.2, -0.15) is 4.31 Å². The summed E-state index contributed by atoms with van der Waals surface area (Å²) in [6, 6.07) is 14.8. The molecule has 2 fully saturated rings. The van der Waals surface area contributed by atoms with E-state index in [-0.39, 0.29) is 17.3 Å². The molecule has 0 unspecified atom stereocenters. The molecule has 2 aromatic carbocycles. The molecule has 2 aromatic rings. The number of amides is 1. The Kier molecular flexibility index (Phi) is 8.07. The van der Waals surface area contributed by atoms with Crippen molar-refractivity contribution in [3.05, 3.63) is 48.5 Å². The highest BCUT2D eigenvalue weighted by Gasteiger charge is 2.27. The number of piperidine rings is 1. The molecular formula is C25H34N4O4S. The van der Waals surface area contributed by atoms with E-state index in [1.807, 2.05) is 43.3 Å². The predicted molar refractivity (Wildman–Crippen MR) is 135 cm³/mol. The van der Waals surface area contributed by atoms with Gasteiger partial charge in [0.15, 0.2) is 0 Å². The molecule has 1 N–H and O–H groups in total. The van der Waals surface area contributed by atoms with Gasteiger partial charge in [-0.25, -0.2) is 8.42 Å². The van der Waals surface area contributed by atoms with Crippen LogP contribution in [0.1, 0.15) is 26.2 Å². The quantitative estimate of drug-likeness (QED) is 0.617. The number of para-hydroxylation sites is 1. The minimum Gasteiger partial charge on any atom is -0.378 e. The summed E-state index contributed by atoms with van der Waals surface area (Å²) in [5.41, 5.74) is 2.38. The first-order chi connectivity index (χ1) is 16.5. The van der Waals surface area contributed by atoms with E-state index in [0.29, 0.717) is 51.6 Å². The number of rotatable bonds is 8. The molecule has 0 aromatic heterocycles. The zero-order valence-corrected chi connectivity index (χ0v) is 20.6. The summed E-state index contributed by atoms with van der Waals surface area (Å²) >= 11 is 0. The molecule has 2 saturated heterocycles. The summed E-state index contributed by atoms with van der Waals surface area (Å²) < 4.78 is 33.6. The zero-order valence-electron chi connectivity index (χ0n) is 19.8. The number of ether oxygens (including phenoxy) is 1. The first-order valence-corrected chi connectivity index (χ1v) is 13.5. The van der Waals surface area contributed by atoms with E-state index in [1.165, 1.54) is 0 Å². The largest absolute Gasteiger partial charge is 0.378 e. The fourth-order valence-corrected chi connectivity index (χ4v) is 6.07. The number of likely N-dealkylation sites (N-methyl/N-ethyl adjacent to an activating group) is 1. The number of nitrogens with one attached hydrogen (secondary N) is 1. The van der Waals surface area contributed by atoms with Crippen LogP contribution in [0.4, 0.5) is 17.1 Å². The lowest BCUT2D eigenvalue weighted by Crippen LogP contribution is -2.38. The van der Waals surface area contributed by atoms with Crippen molar-refractivity contribution in [3.63, 3.8) is 0 Å². The number of anilines is 3. The molecule has 0 bridgehead atoms. The van der Waals surface area contributed by atoms with E-state index in [9.17, 15) is 13.2 Å². The Morgan fingerprint density at radius 2 is 1.71 bits per heavy atom. The minimum atomic E-state index is -3.58. The molecule has 8 nitrogen and oxygen atoms in total. The summed E-state index contributed by atoms with van der Waals surface area (Å²) in [5.74, 6) is -0.0779. The highest BCUT2D eigenvalue weighted by Crippen LogP contribution is 2.31. The number of sulfonamides is 1. The van der Waals surface area contributed by atoms with Crippen LogP contribution in [0.5, 0.6) is 0 Å². The molecule has 0 spiro atoms. The van der Waals surface area contributed by atoms with Gasteiger partial charge in [0.2, 0.25) is 15.9 Å². The van der Waals surface area contributed by atoms with Gasteiger partial charge in [-0.3, -0.25) is 4.79 Å². The van der Waals surface area contributed by atoms with Crippen LogP contribution in [0.15, 0.2) is 53.4 Å². The van der Waals surface area contributed by atoms with Gasteiger partial charge in [-0.15, -0.1) is 0 Å². The summed E-state index contributed by atoms with van der Waals surface area (Å²) in [7, 11) is -3.58. The fraction of sp³-hybridized carbons (Fsp3) is 0.480. The standard InChI is InChI=1S/C25H34N4O4S/c1-2-29(21-9-5-3-6-10-21)25(30)20-26-23-19-22(34(31,32)28-13-7-4-8-14-28)11-12-24(23)27-15-17-33-18-16-27/h3,5-6,9-12,19,26H,2,4,7-8,13-18,20H2,1H3. The van der Waals surface area contributed by atoms with E-state index in [4.69, 9.17) is 4.74 Å². The molecule has 4 rings (SSSR count). The molecule has 34 heavy (non-hydrogen) atoms. The maximum absolute atomic E-state index is 13.3. The number of carbonyl (C=O) groups is 1. The first kappa shape index (κ1) is 24.5. The zero-order chi connectivity index (χ0) is 24.0. The van der Waals surface area contributed by atoms with Crippen molar-refractivity contribution >= 4 is 33.0 Å². The van der Waals surface area contributed by atoms with Gasteiger partial charge >= 0.3 is 0 Å². The van der Waals surface area contributed by atoms with Crippen LogP contribution in [0.3, 0.4) is 0 Å². The molecular weight excluding hydrogens is 452 g/mol. The average Bonchev–Trinajstić information content (AvgIpc) is 2.89. The summed E-state index contributed by atoms with van der Waals surface area (Å²) in [4.78, 5) is 17.2. The van der Waals surface area contributed by atoms with E-state index < -0.39 is 10.0 Å². The first-order valence-electron chi connectivity index (χ1n) is 12.1. The van der Waals surface area contributed by atoms with Gasteiger partial charge in [-0.05, 0) is 50.1 Å². The van der Waals surface area contributed by atoms with Crippen molar-refractivity contribution in [2.45, 2.75) is 31.1 Å². The van der Waals surface area contributed by atoms with Crippen LogP contribution in [0, 0.1) is 0 Å². The van der Waals surface area contributed by atoms with E-state index >= 15 is 0 Å². The third-order valence-corrected chi connectivity index (χ3v) is 8.28. The fourth-order valence-electron chi connectivity index (χ4n) is 4.53. The van der Waals surface area contributed by atoms with Crippen molar-refractivity contribution < 1.29 is 17.9 Å². The number of morpholine rings is 1. The Balaban J connectivity index is 1.59. The Morgan fingerprint density at radius 3 is 2.38 bits per heavy atom. The number of hydrogen-bond acceptors (Lipinski definition) is 6. The highest BCUT2D eigenvalue weighted by molar-refractivity contribution is 7.89. The predicted octanol–water partition coefficient (Wildman–Crippen LogP) is 3.16. The maximum Gasteiger partial charge on any atom is 0.246 e. The van der Waals surface area contributed by atoms with Crippen molar-refractivity contribution in [2.75, 3.05) is 67.6 Å². The van der Waals surface area contributed by atoms with E-state index in [1.54, 1.807) is 21.3 Å². The third kappa shape index (κ3) is 5.54. The molecule has 184 valence electrons. The molecule has 2 heterocycles. The van der Waals surface area contributed by atoms with Gasteiger partial charge in [-0.1, -0.05) is 24.6 Å². The smallest absolute Gasteiger partial charge is 0.246 e. The second kappa shape index (κ2) is 11.2. The van der Waals surface area contributed by atoms with Crippen LogP contribution in [-0.4, -0.2) is 71.1 Å². The summed E-state index contributed by atoms with van der Waals surface area (Å²) in [6.07, 6.45) is 2.83. The highest BCUT2D eigenvalue weighted by atomic mass is 32.2. The average molecular weight is 487 g/mol. The second-order valence-electron chi connectivity index (χ2n) is 8.57. The topological polar surface area (TPSA) is 82.2 Å². The molecule has 0 saturated carbocycles. The molecule has 0 atom stereocenters. The van der Waals surface area contributed by atoms with Crippen molar-refractivity contribution in [1.29, 1.82) is 0 Å². The van der Waals surface area contributed by atoms with Crippen LogP contribution >= 0.6 is 0 Å². The van der Waals surface area contributed by atoms with Crippen LogP contribution in [0.25, 0.3) is 0 Å². The summed E-state index contributed by atoms with van der Waals surface area (Å²) in [5, 5.41) is 3.25. The maximum atomic E-state index is 13.3.